The van der Waals surface area contributed by atoms with Gasteiger partial charge in [0.15, 0.2) is 0 Å². The fourth-order valence-corrected chi connectivity index (χ4v) is 4.38. The SMILES string of the molecule is Cc1nc(-c2ccc(NS(=O)(=O)c3cc(C(=O)[O-])ccc3C)cc2)cs1. The minimum atomic E-state index is -3.93. The number of carbonyl (C=O) groups is 1. The molecule has 0 fully saturated rings. The molecule has 0 atom stereocenters. The molecule has 0 saturated carbocycles. The highest BCUT2D eigenvalue weighted by molar-refractivity contribution is 7.92. The second kappa shape index (κ2) is 6.89. The number of nitrogens with zero attached hydrogens (tertiary/aromatic N) is 1. The summed E-state index contributed by atoms with van der Waals surface area (Å²) in [6.07, 6.45) is 0. The number of aromatic carboxylic acids is 1. The summed E-state index contributed by atoms with van der Waals surface area (Å²) in [6.45, 7) is 3.51. The molecule has 0 saturated heterocycles. The van der Waals surface area contributed by atoms with E-state index in [1.807, 2.05) is 12.3 Å². The number of nitrogens with one attached hydrogen (secondary N) is 1. The van der Waals surface area contributed by atoms with E-state index in [1.54, 1.807) is 42.5 Å². The third-order valence-electron chi connectivity index (χ3n) is 3.77. The van der Waals surface area contributed by atoms with Crippen LogP contribution in [0.1, 0.15) is 20.9 Å². The van der Waals surface area contributed by atoms with Gasteiger partial charge in [-0.1, -0.05) is 24.3 Å². The highest BCUT2D eigenvalue weighted by Gasteiger charge is 2.18. The maximum Gasteiger partial charge on any atom is 0.262 e. The van der Waals surface area contributed by atoms with Gasteiger partial charge >= 0.3 is 0 Å². The largest absolute Gasteiger partial charge is 0.545 e. The van der Waals surface area contributed by atoms with E-state index < -0.39 is 16.0 Å². The van der Waals surface area contributed by atoms with Crippen LogP contribution in [0.4, 0.5) is 5.69 Å². The molecular formula is C18H15N2O4S2-. The van der Waals surface area contributed by atoms with Gasteiger partial charge in [-0.3, -0.25) is 4.72 Å². The van der Waals surface area contributed by atoms with Crippen LogP contribution >= 0.6 is 11.3 Å². The number of hydrogen-bond donors (Lipinski definition) is 1. The van der Waals surface area contributed by atoms with Crippen LogP contribution in [0.2, 0.25) is 0 Å². The molecule has 8 heteroatoms. The standard InChI is InChI=1S/C18H16N2O4S2/c1-11-3-4-14(18(21)22)9-17(11)26(23,24)20-15-7-5-13(6-8-15)16-10-25-12(2)19-16/h3-10,20H,1-2H3,(H,21,22)/p-1. The monoisotopic (exact) mass is 387 g/mol. The Bertz CT molecular complexity index is 1070. The maximum absolute atomic E-state index is 12.6. The van der Waals surface area contributed by atoms with Crippen LogP contribution in [0.25, 0.3) is 11.3 Å². The van der Waals surface area contributed by atoms with E-state index >= 15 is 0 Å². The summed E-state index contributed by atoms with van der Waals surface area (Å²) in [7, 11) is -3.93. The molecule has 1 aromatic heterocycles. The third kappa shape index (κ3) is 3.76. The van der Waals surface area contributed by atoms with E-state index in [2.05, 4.69) is 9.71 Å². The van der Waals surface area contributed by atoms with E-state index in [0.29, 0.717) is 11.3 Å². The molecule has 1 heterocycles. The number of carboxylic acids is 1. The van der Waals surface area contributed by atoms with Crippen LogP contribution in [-0.4, -0.2) is 19.4 Å². The first-order valence-corrected chi connectivity index (χ1v) is 10.00. The number of carbonyl (C=O) groups excluding carboxylic acids is 1. The molecule has 6 nitrogen and oxygen atoms in total. The topological polar surface area (TPSA) is 99.2 Å². The quantitative estimate of drug-likeness (QED) is 0.725. The highest BCUT2D eigenvalue weighted by atomic mass is 32.2. The summed E-state index contributed by atoms with van der Waals surface area (Å²) >= 11 is 1.54. The van der Waals surface area contributed by atoms with Crippen molar-refractivity contribution in [3.8, 4) is 11.3 Å². The second-order valence-electron chi connectivity index (χ2n) is 5.70. The zero-order chi connectivity index (χ0) is 18.9. The smallest absolute Gasteiger partial charge is 0.262 e. The number of rotatable bonds is 5. The van der Waals surface area contributed by atoms with E-state index in [-0.39, 0.29) is 10.5 Å². The molecule has 0 aliphatic heterocycles. The Labute approximate surface area is 155 Å². The number of aryl methyl sites for hydroxylation is 2. The van der Waals surface area contributed by atoms with Crippen molar-refractivity contribution < 1.29 is 18.3 Å². The highest BCUT2D eigenvalue weighted by Crippen LogP contribution is 2.25. The predicted molar refractivity (Wildman–Crippen MR) is 98.6 cm³/mol. The van der Waals surface area contributed by atoms with Crippen LogP contribution in [0.15, 0.2) is 52.7 Å². The molecule has 3 aromatic rings. The lowest BCUT2D eigenvalue weighted by molar-refractivity contribution is -0.255. The second-order valence-corrected chi connectivity index (χ2v) is 8.42. The fourth-order valence-electron chi connectivity index (χ4n) is 2.43. The first kappa shape index (κ1) is 18.1. The lowest BCUT2D eigenvalue weighted by Gasteiger charge is -2.12. The van der Waals surface area contributed by atoms with E-state index in [0.717, 1.165) is 22.3 Å². The molecule has 0 unspecified atom stereocenters. The summed E-state index contributed by atoms with van der Waals surface area (Å²) in [4.78, 5) is 15.3. The van der Waals surface area contributed by atoms with Crippen molar-refractivity contribution in [2.75, 3.05) is 4.72 Å². The summed E-state index contributed by atoms with van der Waals surface area (Å²) in [6, 6.07) is 10.7. The van der Waals surface area contributed by atoms with Gasteiger partial charge in [-0.05, 0) is 43.2 Å². The number of thiazole rings is 1. The molecule has 0 bridgehead atoms. The predicted octanol–water partition coefficient (Wildman–Crippen LogP) is 2.59. The van der Waals surface area contributed by atoms with E-state index in [9.17, 15) is 18.3 Å². The van der Waals surface area contributed by atoms with Gasteiger partial charge in [-0.15, -0.1) is 11.3 Å². The fraction of sp³-hybridized carbons (Fsp3) is 0.111. The average molecular weight is 387 g/mol. The van der Waals surface area contributed by atoms with E-state index in [1.165, 1.54) is 12.1 Å². The lowest BCUT2D eigenvalue weighted by atomic mass is 10.1. The molecule has 0 aliphatic rings. The Balaban J connectivity index is 1.88. The third-order valence-corrected chi connectivity index (χ3v) is 6.06. The number of carboxylic acid groups (broad SMARTS) is 1. The minimum absolute atomic E-state index is 0.0987. The van der Waals surface area contributed by atoms with Crippen molar-refractivity contribution in [2.24, 2.45) is 0 Å². The molecule has 134 valence electrons. The van der Waals surface area contributed by atoms with Gasteiger partial charge in [0.05, 0.1) is 21.6 Å². The van der Waals surface area contributed by atoms with Crippen molar-refractivity contribution in [2.45, 2.75) is 18.7 Å². The van der Waals surface area contributed by atoms with Gasteiger partial charge in [-0.2, -0.15) is 0 Å². The summed E-state index contributed by atoms with van der Waals surface area (Å²) in [5.41, 5.74) is 2.34. The Hall–Kier alpha value is -2.71. The van der Waals surface area contributed by atoms with Gasteiger partial charge in [0, 0.05) is 16.6 Å². The number of anilines is 1. The first-order valence-electron chi connectivity index (χ1n) is 7.63. The van der Waals surface area contributed by atoms with Crippen LogP contribution in [0, 0.1) is 13.8 Å². The lowest BCUT2D eigenvalue weighted by Crippen LogP contribution is -2.23. The Morgan fingerprint density at radius 2 is 1.81 bits per heavy atom. The summed E-state index contributed by atoms with van der Waals surface area (Å²) < 4.78 is 27.7. The van der Waals surface area contributed by atoms with Gasteiger partial charge in [0.2, 0.25) is 0 Å². The van der Waals surface area contributed by atoms with E-state index in [4.69, 9.17) is 0 Å². The van der Waals surface area contributed by atoms with Crippen LogP contribution in [0.5, 0.6) is 0 Å². The van der Waals surface area contributed by atoms with Crippen LogP contribution < -0.4 is 9.83 Å². The average Bonchev–Trinajstić information content (AvgIpc) is 3.01. The van der Waals surface area contributed by atoms with Gasteiger partial charge < -0.3 is 9.90 Å². The zero-order valence-electron chi connectivity index (χ0n) is 14.0. The maximum atomic E-state index is 12.6. The molecule has 26 heavy (non-hydrogen) atoms. The molecule has 1 N–H and O–H groups in total. The van der Waals surface area contributed by atoms with Crippen molar-refractivity contribution in [1.82, 2.24) is 4.98 Å². The van der Waals surface area contributed by atoms with Gasteiger partial charge in [0.1, 0.15) is 0 Å². The van der Waals surface area contributed by atoms with Gasteiger partial charge in [0.25, 0.3) is 10.0 Å². The van der Waals surface area contributed by atoms with Crippen molar-refractivity contribution in [1.29, 1.82) is 0 Å². The molecule has 0 radical (unpaired) electrons. The molecule has 2 aromatic carbocycles. The number of sulfonamides is 1. The van der Waals surface area contributed by atoms with Crippen molar-refractivity contribution in [3.05, 3.63) is 64.0 Å². The number of aromatic nitrogens is 1. The van der Waals surface area contributed by atoms with Crippen LogP contribution in [0.3, 0.4) is 0 Å². The molecule has 0 amide bonds. The zero-order valence-corrected chi connectivity index (χ0v) is 15.6. The molecular weight excluding hydrogens is 372 g/mol. The molecule has 0 spiro atoms. The number of hydrogen-bond acceptors (Lipinski definition) is 6. The van der Waals surface area contributed by atoms with Crippen molar-refractivity contribution in [3.63, 3.8) is 0 Å². The first-order chi connectivity index (χ1) is 12.3. The van der Waals surface area contributed by atoms with Gasteiger partial charge in [-0.25, -0.2) is 13.4 Å². The molecule has 0 aliphatic carbocycles. The Morgan fingerprint density at radius 3 is 2.38 bits per heavy atom. The summed E-state index contributed by atoms with van der Waals surface area (Å²) in [5.74, 6) is -1.43. The summed E-state index contributed by atoms with van der Waals surface area (Å²) in [5, 5.41) is 13.9. The van der Waals surface area contributed by atoms with Crippen molar-refractivity contribution >= 4 is 33.0 Å². The Kier molecular flexibility index (Phi) is 4.80. The molecule has 3 rings (SSSR count). The van der Waals surface area contributed by atoms with Crippen LogP contribution in [-0.2, 0) is 10.0 Å². The number of benzene rings is 2. The minimum Gasteiger partial charge on any atom is -0.545 e. The Morgan fingerprint density at radius 1 is 1.12 bits per heavy atom. The normalized spacial score (nSPS) is 11.3.